The Morgan fingerprint density at radius 2 is 2.00 bits per heavy atom. The molecule has 16 heavy (non-hydrogen) atoms. The summed E-state index contributed by atoms with van der Waals surface area (Å²) >= 11 is 1.88. The zero-order chi connectivity index (χ0) is 11.4. The van der Waals surface area contributed by atoms with Gasteiger partial charge in [-0.05, 0) is 43.9 Å². The van der Waals surface area contributed by atoms with Crippen molar-refractivity contribution < 1.29 is 0 Å². The number of hydrogen-bond donors (Lipinski definition) is 1. The van der Waals surface area contributed by atoms with Gasteiger partial charge in [0.05, 0.1) is 11.2 Å². The molecule has 3 heteroatoms. The van der Waals surface area contributed by atoms with Gasteiger partial charge in [-0.25, -0.2) is 4.98 Å². The molecule has 1 saturated carbocycles. The van der Waals surface area contributed by atoms with Crippen molar-refractivity contribution in [3.05, 3.63) is 15.6 Å². The molecule has 0 aromatic carbocycles. The van der Waals surface area contributed by atoms with Crippen molar-refractivity contribution in [3.63, 3.8) is 0 Å². The van der Waals surface area contributed by atoms with Gasteiger partial charge in [0.1, 0.15) is 5.01 Å². The summed E-state index contributed by atoms with van der Waals surface area (Å²) in [4.78, 5) is 6.31. The normalized spacial score (nSPS) is 25.9. The molecule has 0 saturated heterocycles. The van der Waals surface area contributed by atoms with Gasteiger partial charge in [0.2, 0.25) is 0 Å². The van der Waals surface area contributed by atoms with E-state index in [9.17, 15) is 0 Å². The number of hydrogen-bond acceptors (Lipinski definition) is 3. The van der Waals surface area contributed by atoms with Crippen LogP contribution >= 0.6 is 11.3 Å². The number of nitrogens with zero attached hydrogens (tertiary/aromatic N) is 1. The van der Waals surface area contributed by atoms with E-state index in [1.807, 2.05) is 11.3 Å². The van der Waals surface area contributed by atoms with Gasteiger partial charge in [0.25, 0.3) is 0 Å². The van der Waals surface area contributed by atoms with E-state index in [0.717, 1.165) is 19.3 Å². The van der Waals surface area contributed by atoms with Gasteiger partial charge in [0.15, 0.2) is 0 Å². The molecular formula is C13H20N2S. The van der Waals surface area contributed by atoms with Crippen LogP contribution in [-0.2, 0) is 18.4 Å². The van der Waals surface area contributed by atoms with Crippen LogP contribution in [0.25, 0.3) is 0 Å². The summed E-state index contributed by atoms with van der Waals surface area (Å²) in [6.07, 6.45) is 7.13. The van der Waals surface area contributed by atoms with E-state index >= 15 is 0 Å². The van der Waals surface area contributed by atoms with E-state index in [1.165, 1.54) is 34.8 Å². The zero-order valence-electron chi connectivity index (χ0n) is 10.2. The first-order chi connectivity index (χ1) is 7.49. The van der Waals surface area contributed by atoms with Gasteiger partial charge >= 0.3 is 0 Å². The highest BCUT2D eigenvalue weighted by atomic mass is 32.1. The highest BCUT2D eigenvalue weighted by molar-refractivity contribution is 7.12. The average Bonchev–Trinajstić information content (AvgIpc) is 2.55. The Balaban J connectivity index is 1.92. The number of aryl methyl sites for hydroxylation is 1. The first kappa shape index (κ1) is 10.7. The molecule has 0 bridgehead atoms. The maximum absolute atomic E-state index is 6.35. The van der Waals surface area contributed by atoms with E-state index in [1.54, 1.807) is 0 Å². The molecular weight excluding hydrogens is 216 g/mol. The van der Waals surface area contributed by atoms with Gasteiger partial charge in [-0.3, -0.25) is 0 Å². The zero-order valence-corrected chi connectivity index (χ0v) is 11.0. The average molecular weight is 236 g/mol. The SMILES string of the molecule is CC1(C)CCc2nc(C3(N)CCC3)sc2C1. The molecule has 1 heterocycles. The summed E-state index contributed by atoms with van der Waals surface area (Å²) < 4.78 is 0. The van der Waals surface area contributed by atoms with Crippen LogP contribution in [0, 0.1) is 5.41 Å². The summed E-state index contributed by atoms with van der Waals surface area (Å²) in [5, 5.41) is 1.21. The standard InChI is InChI=1S/C13H20N2S/c1-12(2)7-4-9-10(8-12)16-11(15-9)13(14)5-3-6-13/h3-8,14H2,1-2H3. The van der Waals surface area contributed by atoms with Crippen molar-refractivity contribution in [1.29, 1.82) is 0 Å². The number of thiazole rings is 1. The largest absolute Gasteiger partial charge is 0.319 e. The third kappa shape index (κ3) is 1.61. The lowest BCUT2D eigenvalue weighted by molar-refractivity contribution is 0.252. The molecule has 2 aliphatic carbocycles. The Hall–Kier alpha value is -0.410. The highest BCUT2D eigenvalue weighted by Gasteiger charge is 2.39. The molecule has 88 valence electrons. The third-order valence-electron chi connectivity index (χ3n) is 4.13. The third-order valence-corrected chi connectivity index (χ3v) is 5.45. The van der Waals surface area contributed by atoms with E-state index in [0.29, 0.717) is 5.41 Å². The fourth-order valence-electron chi connectivity index (χ4n) is 2.68. The first-order valence-corrected chi connectivity index (χ1v) is 7.08. The minimum absolute atomic E-state index is 0.0633. The number of nitrogens with two attached hydrogens (primary N) is 1. The second-order valence-corrected chi connectivity index (χ2v) is 7.32. The van der Waals surface area contributed by atoms with Gasteiger partial charge in [-0.15, -0.1) is 11.3 Å². The van der Waals surface area contributed by atoms with Crippen molar-refractivity contribution in [2.45, 2.75) is 57.9 Å². The lowest BCUT2D eigenvalue weighted by atomic mass is 9.78. The van der Waals surface area contributed by atoms with E-state index < -0.39 is 0 Å². The highest BCUT2D eigenvalue weighted by Crippen LogP contribution is 2.44. The summed E-state index contributed by atoms with van der Waals surface area (Å²) in [7, 11) is 0. The molecule has 0 spiro atoms. The van der Waals surface area contributed by atoms with Crippen molar-refractivity contribution >= 4 is 11.3 Å². The predicted molar refractivity (Wildman–Crippen MR) is 67.6 cm³/mol. The van der Waals surface area contributed by atoms with Crippen molar-refractivity contribution in [1.82, 2.24) is 4.98 Å². The van der Waals surface area contributed by atoms with Gasteiger partial charge in [-0.1, -0.05) is 13.8 Å². The molecule has 0 radical (unpaired) electrons. The summed E-state index contributed by atoms with van der Waals surface area (Å²) in [5.41, 5.74) is 8.09. The Kier molecular flexibility index (Phi) is 2.21. The smallest absolute Gasteiger partial charge is 0.113 e. The summed E-state index contributed by atoms with van der Waals surface area (Å²) in [6, 6.07) is 0. The van der Waals surface area contributed by atoms with Crippen LogP contribution in [-0.4, -0.2) is 4.98 Å². The van der Waals surface area contributed by atoms with Crippen LogP contribution in [0.3, 0.4) is 0 Å². The maximum Gasteiger partial charge on any atom is 0.113 e. The molecule has 1 fully saturated rings. The molecule has 0 aliphatic heterocycles. The first-order valence-electron chi connectivity index (χ1n) is 6.27. The lowest BCUT2D eigenvalue weighted by Gasteiger charge is -2.35. The van der Waals surface area contributed by atoms with Gasteiger partial charge in [0, 0.05) is 4.88 Å². The van der Waals surface area contributed by atoms with E-state index in [4.69, 9.17) is 10.7 Å². The molecule has 0 amide bonds. The minimum atomic E-state index is -0.0633. The van der Waals surface area contributed by atoms with E-state index in [-0.39, 0.29) is 5.54 Å². The van der Waals surface area contributed by atoms with Crippen LogP contribution < -0.4 is 5.73 Å². The fourth-order valence-corrected chi connectivity index (χ4v) is 4.21. The molecule has 2 aliphatic rings. The Labute approximate surface area is 101 Å². The van der Waals surface area contributed by atoms with Gasteiger partial charge in [-0.2, -0.15) is 0 Å². The van der Waals surface area contributed by atoms with Crippen molar-refractivity contribution in [3.8, 4) is 0 Å². The van der Waals surface area contributed by atoms with Crippen LogP contribution in [0.4, 0.5) is 0 Å². The summed E-state index contributed by atoms with van der Waals surface area (Å²) in [5.74, 6) is 0. The Morgan fingerprint density at radius 3 is 2.62 bits per heavy atom. The molecule has 1 aromatic rings. The molecule has 2 nitrogen and oxygen atoms in total. The Bertz CT molecular complexity index is 416. The lowest BCUT2D eigenvalue weighted by Crippen LogP contribution is -2.43. The summed E-state index contributed by atoms with van der Waals surface area (Å²) in [6.45, 7) is 4.72. The monoisotopic (exact) mass is 236 g/mol. The molecule has 1 aromatic heterocycles. The van der Waals surface area contributed by atoms with Crippen LogP contribution in [0.15, 0.2) is 0 Å². The molecule has 0 unspecified atom stereocenters. The number of fused-ring (bicyclic) bond motifs is 1. The van der Waals surface area contributed by atoms with Crippen molar-refractivity contribution in [2.24, 2.45) is 11.1 Å². The van der Waals surface area contributed by atoms with Crippen LogP contribution in [0.1, 0.15) is 55.1 Å². The molecule has 0 atom stereocenters. The minimum Gasteiger partial charge on any atom is -0.319 e. The number of aromatic nitrogens is 1. The molecule has 3 rings (SSSR count). The van der Waals surface area contributed by atoms with Crippen LogP contribution in [0.5, 0.6) is 0 Å². The van der Waals surface area contributed by atoms with Gasteiger partial charge < -0.3 is 5.73 Å². The number of rotatable bonds is 1. The van der Waals surface area contributed by atoms with Crippen LogP contribution in [0.2, 0.25) is 0 Å². The second-order valence-electron chi connectivity index (χ2n) is 6.24. The van der Waals surface area contributed by atoms with Crippen molar-refractivity contribution in [2.75, 3.05) is 0 Å². The maximum atomic E-state index is 6.35. The Morgan fingerprint density at radius 1 is 1.25 bits per heavy atom. The second kappa shape index (κ2) is 3.30. The quantitative estimate of drug-likeness (QED) is 0.814. The fraction of sp³-hybridized carbons (Fsp3) is 0.769. The molecule has 2 N–H and O–H groups in total. The van der Waals surface area contributed by atoms with E-state index in [2.05, 4.69) is 13.8 Å². The topological polar surface area (TPSA) is 38.9 Å². The predicted octanol–water partition coefficient (Wildman–Crippen LogP) is 3.00.